The Hall–Kier alpha value is -1.56. The first-order valence-corrected chi connectivity index (χ1v) is 9.08. The molecule has 3 nitrogen and oxygen atoms in total. The summed E-state index contributed by atoms with van der Waals surface area (Å²) in [5.74, 6) is 0.522. The minimum Gasteiger partial charge on any atom is -0.347 e. The van der Waals surface area contributed by atoms with Crippen LogP contribution in [0.2, 0.25) is 0 Å². The monoisotopic (exact) mass is 354 g/mol. The van der Waals surface area contributed by atoms with E-state index in [1.165, 1.54) is 12.1 Å². The Morgan fingerprint density at radius 3 is 2.56 bits per heavy atom. The first-order chi connectivity index (χ1) is 11.9. The van der Waals surface area contributed by atoms with Crippen LogP contribution in [0.3, 0.4) is 0 Å². The predicted octanol–water partition coefficient (Wildman–Crippen LogP) is 3.98. The third-order valence-corrected chi connectivity index (χ3v) is 5.57. The van der Waals surface area contributed by atoms with Gasteiger partial charge in [0.05, 0.1) is 11.1 Å². The number of carbonyl (C=O) groups is 1. The number of hydrogen-bond donors (Lipinski definition) is 2. The number of halogens is 3. The number of hydrogen-bond acceptors (Lipinski definition) is 2. The molecule has 1 aliphatic heterocycles. The molecule has 0 unspecified atom stereocenters. The Morgan fingerprint density at radius 1 is 1.24 bits per heavy atom. The van der Waals surface area contributed by atoms with Crippen molar-refractivity contribution in [2.45, 2.75) is 56.7 Å². The van der Waals surface area contributed by atoms with Gasteiger partial charge in [-0.15, -0.1) is 0 Å². The molecular weight excluding hydrogens is 329 g/mol. The van der Waals surface area contributed by atoms with Crippen LogP contribution in [0.25, 0.3) is 0 Å². The zero-order chi connectivity index (χ0) is 17.9. The molecule has 1 aromatic rings. The highest BCUT2D eigenvalue weighted by atomic mass is 19.4. The molecule has 138 valence electrons. The Kier molecular flexibility index (Phi) is 5.37. The number of nitrogens with one attached hydrogen (secondary N) is 2. The lowest BCUT2D eigenvalue weighted by Gasteiger charge is -2.43. The lowest BCUT2D eigenvalue weighted by atomic mass is 9.71. The second kappa shape index (κ2) is 7.36. The van der Waals surface area contributed by atoms with E-state index in [2.05, 4.69) is 10.6 Å². The second-order valence-corrected chi connectivity index (χ2v) is 7.29. The fourth-order valence-corrected chi connectivity index (χ4v) is 3.84. The standard InChI is InChI=1S/C19H25F3N2O/c20-19(21,22)16-4-1-3-15(13-16)18(9-2-10-18)24-17(25)6-5-14-7-11-23-12-8-14/h1,3-4,13-14,23H,2,5-12H2,(H,24,25). The van der Waals surface area contributed by atoms with Gasteiger partial charge in [0.2, 0.25) is 5.91 Å². The number of amides is 1. The summed E-state index contributed by atoms with van der Waals surface area (Å²) in [6.45, 7) is 2.00. The van der Waals surface area contributed by atoms with Crippen LogP contribution in [0.1, 0.15) is 56.1 Å². The predicted molar refractivity (Wildman–Crippen MR) is 89.9 cm³/mol. The number of benzene rings is 1. The lowest BCUT2D eigenvalue weighted by molar-refractivity contribution is -0.137. The summed E-state index contributed by atoms with van der Waals surface area (Å²) in [5, 5.41) is 6.35. The van der Waals surface area contributed by atoms with E-state index in [0.717, 1.165) is 44.8 Å². The van der Waals surface area contributed by atoms with Gasteiger partial charge in [0.25, 0.3) is 0 Å². The smallest absolute Gasteiger partial charge is 0.347 e. The molecule has 1 aliphatic carbocycles. The number of rotatable bonds is 5. The van der Waals surface area contributed by atoms with Crippen molar-refractivity contribution in [1.29, 1.82) is 0 Å². The molecule has 0 bridgehead atoms. The van der Waals surface area contributed by atoms with Gasteiger partial charge in [-0.1, -0.05) is 12.1 Å². The average Bonchev–Trinajstić information content (AvgIpc) is 2.56. The van der Waals surface area contributed by atoms with Crippen LogP contribution in [0, 0.1) is 5.92 Å². The first-order valence-electron chi connectivity index (χ1n) is 9.08. The molecule has 25 heavy (non-hydrogen) atoms. The van der Waals surface area contributed by atoms with Crippen molar-refractivity contribution in [3.05, 3.63) is 35.4 Å². The van der Waals surface area contributed by atoms with E-state index in [1.54, 1.807) is 6.07 Å². The van der Waals surface area contributed by atoms with Crippen LogP contribution in [0.4, 0.5) is 13.2 Å². The molecule has 0 atom stereocenters. The lowest BCUT2D eigenvalue weighted by Crippen LogP contribution is -2.51. The highest BCUT2D eigenvalue weighted by Gasteiger charge is 2.41. The average molecular weight is 354 g/mol. The summed E-state index contributed by atoms with van der Waals surface area (Å²) in [5.41, 5.74) is -0.698. The van der Waals surface area contributed by atoms with Crippen LogP contribution in [0.15, 0.2) is 24.3 Å². The number of piperidine rings is 1. The summed E-state index contributed by atoms with van der Waals surface area (Å²) in [4.78, 5) is 12.4. The van der Waals surface area contributed by atoms with E-state index in [4.69, 9.17) is 0 Å². The van der Waals surface area contributed by atoms with Gasteiger partial charge in [0, 0.05) is 6.42 Å². The molecule has 2 aliphatic rings. The third kappa shape index (κ3) is 4.35. The molecule has 0 radical (unpaired) electrons. The summed E-state index contributed by atoms with van der Waals surface area (Å²) >= 11 is 0. The second-order valence-electron chi connectivity index (χ2n) is 7.29. The molecule has 2 fully saturated rings. The summed E-state index contributed by atoms with van der Waals surface area (Å²) in [7, 11) is 0. The molecule has 1 saturated heterocycles. The maximum atomic E-state index is 13.0. The van der Waals surface area contributed by atoms with Gasteiger partial charge in [0.1, 0.15) is 0 Å². The summed E-state index contributed by atoms with van der Waals surface area (Å²) < 4.78 is 38.9. The molecule has 1 heterocycles. The zero-order valence-corrected chi connectivity index (χ0v) is 14.3. The molecule has 6 heteroatoms. The molecule has 1 aromatic carbocycles. The SMILES string of the molecule is O=C(CCC1CCNCC1)NC1(c2cccc(C(F)(F)F)c2)CCC1. The fraction of sp³-hybridized carbons (Fsp3) is 0.632. The van der Waals surface area contributed by atoms with Gasteiger partial charge in [0.15, 0.2) is 0 Å². The molecule has 3 rings (SSSR count). The maximum Gasteiger partial charge on any atom is 0.416 e. The van der Waals surface area contributed by atoms with Crippen molar-refractivity contribution in [3.8, 4) is 0 Å². The van der Waals surface area contributed by atoms with Gasteiger partial charge in [-0.25, -0.2) is 0 Å². The van der Waals surface area contributed by atoms with Gasteiger partial charge in [-0.3, -0.25) is 4.79 Å². The van der Waals surface area contributed by atoms with E-state index >= 15 is 0 Å². The van der Waals surface area contributed by atoms with Crippen LogP contribution in [-0.2, 0) is 16.5 Å². The normalized spacial score (nSPS) is 20.8. The van der Waals surface area contributed by atoms with Crippen LogP contribution in [0.5, 0.6) is 0 Å². The van der Waals surface area contributed by atoms with E-state index < -0.39 is 17.3 Å². The number of alkyl halides is 3. The van der Waals surface area contributed by atoms with Crippen LogP contribution < -0.4 is 10.6 Å². The molecule has 1 saturated carbocycles. The first kappa shape index (κ1) is 18.2. The minimum atomic E-state index is -4.36. The maximum absolute atomic E-state index is 13.0. The van der Waals surface area contributed by atoms with E-state index in [9.17, 15) is 18.0 Å². The third-order valence-electron chi connectivity index (χ3n) is 5.57. The highest BCUT2D eigenvalue weighted by molar-refractivity contribution is 5.77. The topological polar surface area (TPSA) is 41.1 Å². The van der Waals surface area contributed by atoms with Gasteiger partial charge < -0.3 is 10.6 Å². The van der Waals surface area contributed by atoms with Crippen molar-refractivity contribution in [2.24, 2.45) is 5.92 Å². The Balaban J connectivity index is 1.63. The van der Waals surface area contributed by atoms with Crippen LogP contribution in [-0.4, -0.2) is 19.0 Å². The molecule has 0 spiro atoms. The Bertz CT molecular complexity index is 605. The molecular formula is C19H25F3N2O. The van der Waals surface area contributed by atoms with Crippen LogP contribution >= 0.6 is 0 Å². The molecule has 2 N–H and O–H groups in total. The van der Waals surface area contributed by atoms with E-state index in [1.807, 2.05) is 0 Å². The quantitative estimate of drug-likeness (QED) is 0.840. The van der Waals surface area contributed by atoms with Crippen molar-refractivity contribution >= 4 is 5.91 Å². The van der Waals surface area contributed by atoms with Crippen molar-refractivity contribution in [2.75, 3.05) is 13.1 Å². The minimum absolute atomic E-state index is 0.0457. The van der Waals surface area contributed by atoms with E-state index in [-0.39, 0.29) is 5.91 Å². The zero-order valence-electron chi connectivity index (χ0n) is 14.3. The summed E-state index contributed by atoms with van der Waals surface area (Å²) in [6.07, 6.45) is 1.45. The van der Waals surface area contributed by atoms with Crippen molar-refractivity contribution in [3.63, 3.8) is 0 Å². The van der Waals surface area contributed by atoms with Crippen molar-refractivity contribution in [1.82, 2.24) is 10.6 Å². The molecule has 1 amide bonds. The van der Waals surface area contributed by atoms with Gasteiger partial charge in [-0.05, 0) is 75.2 Å². The highest BCUT2D eigenvalue weighted by Crippen LogP contribution is 2.43. The Labute approximate surface area is 146 Å². The molecule has 0 aromatic heterocycles. The fourth-order valence-electron chi connectivity index (χ4n) is 3.84. The summed E-state index contributed by atoms with van der Waals surface area (Å²) in [6, 6.07) is 5.39. The van der Waals surface area contributed by atoms with Gasteiger partial charge >= 0.3 is 6.18 Å². The van der Waals surface area contributed by atoms with Crippen molar-refractivity contribution < 1.29 is 18.0 Å². The number of carbonyl (C=O) groups excluding carboxylic acids is 1. The Morgan fingerprint density at radius 2 is 1.96 bits per heavy atom. The van der Waals surface area contributed by atoms with Gasteiger partial charge in [-0.2, -0.15) is 13.2 Å². The van der Waals surface area contributed by atoms with E-state index in [0.29, 0.717) is 30.7 Å². The largest absolute Gasteiger partial charge is 0.416 e.